The largest absolute Gasteiger partial charge is 0.385 e. The van der Waals surface area contributed by atoms with Gasteiger partial charge in [-0.2, -0.15) is 0 Å². The molecule has 0 aromatic heterocycles. The molecule has 0 aliphatic carbocycles. The van der Waals surface area contributed by atoms with Crippen molar-refractivity contribution in [3.05, 3.63) is 59.7 Å². The predicted molar refractivity (Wildman–Crippen MR) is 110 cm³/mol. The summed E-state index contributed by atoms with van der Waals surface area (Å²) in [7, 11) is 3.34. The average Bonchev–Trinajstić information content (AvgIpc) is 2.77. The first kappa shape index (κ1) is 20.1. The van der Waals surface area contributed by atoms with E-state index in [9.17, 15) is 9.59 Å². The Morgan fingerprint density at radius 3 is 2.61 bits per heavy atom. The van der Waals surface area contributed by atoms with E-state index in [2.05, 4.69) is 5.32 Å². The molecule has 0 bridgehead atoms. The number of hydrogen-bond acceptors (Lipinski definition) is 3. The number of ether oxygens (including phenoxy) is 1. The van der Waals surface area contributed by atoms with E-state index in [1.807, 2.05) is 47.4 Å². The summed E-state index contributed by atoms with van der Waals surface area (Å²) < 4.78 is 5.18. The molecule has 148 valence electrons. The Morgan fingerprint density at radius 2 is 1.89 bits per heavy atom. The number of methoxy groups -OCH3 is 1. The molecule has 1 fully saturated rings. The molecule has 1 atom stereocenters. The van der Waals surface area contributed by atoms with Crippen molar-refractivity contribution >= 4 is 11.8 Å². The van der Waals surface area contributed by atoms with Gasteiger partial charge in [0.1, 0.15) is 0 Å². The maximum atomic E-state index is 12.9. The summed E-state index contributed by atoms with van der Waals surface area (Å²) in [4.78, 5) is 27.0. The second kappa shape index (κ2) is 9.51. The van der Waals surface area contributed by atoms with Crippen LogP contribution in [-0.2, 0) is 4.74 Å². The van der Waals surface area contributed by atoms with E-state index in [-0.39, 0.29) is 11.8 Å². The highest BCUT2D eigenvalue weighted by Crippen LogP contribution is 2.26. The third kappa shape index (κ3) is 4.60. The Hall–Kier alpha value is -2.66. The van der Waals surface area contributed by atoms with Gasteiger partial charge in [0.2, 0.25) is 0 Å². The smallest absolute Gasteiger partial charge is 0.253 e. The summed E-state index contributed by atoms with van der Waals surface area (Å²) >= 11 is 0. The normalized spacial score (nSPS) is 16.6. The second-order valence-electron chi connectivity index (χ2n) is 7.24. The molecule has 0 saturated carbocycles. The molecule has 5 nitrogen and oxygen atoms in total. The molecule has 1 heterocycles. The number of benzene rings is 2. The zero-order valence-electron chi connectivity index (χ0n) is 16.6. The molecule has 2 aromatic carbocycles. The zero-order chi connectivity index (χ0) is 19.9. The van der Waals surface area contributed by atoms with Gasteiger partial charge in [-0.05, 0) is 54.5 Å². The first-order valence-electron chi connectivity index (χ1n) is 9.83. The number of hydrogen-bond donors (Lipinski definition) is 1. The minimum atomic E-state index is -0.119. The van der Waals surface area contributed by atoms with E-state index >= 15 is 0 Å². The van der Waals surface area contributed by atoms with Crippen LogP contribution in [0.15, 0.2) is 48.5 Å². The fourth-order valence-corrected chi connectivity index (χ4v) is 3.81. The van der Waals surface area contributed by atoms with Gasteiger partial charge in [0.25, 0.3) is 11.8 Å². The number of carbonyl (C=O) groups is 2. The molecular weight excluding hydrogens is 352 g/mol. The number of nitrogens with one attached hydrogen (secondary N) is 1. The summed E-state index contributed by atoms with van der Waals surface area (Å²) in [5, 5.41) is 2.67. The van der Waals surface area contributed by atoms with Crippen molar-refractivity contribution in [2.24, 2.45) is 5.92 Å². The van der Waals surface area contributed by atoms with Gasteiger partial charge in [-0.1, -0.05) is 30.3 Å². The summed E-state index contributed by atoms with van der Waals surface area (Å²) in [6, 6.07) is 15.0. The Labute approximate surface area is 166 Å². The van der Waals surface area contributed by atoms with Crippen LogP contribution < -0.4 is 5.32 Å². The number of carbonyl (C=O) groups excluding carboxylic acids is 2. The lowest BCUT2D eigenvalue weighted by Gasteiger charge is -2.32. The molecule has 2 aromatic rings. The van der Waals surface area contributed by atoms with Crippen LogP contribution in [0.2, 0.25) is 0 Å². The molecule has 0 spiro atoms. The Balaban J connectivity index is 1.74. The summed E-state index contributed by atoms with van der Waals surface area (Å²) in [6.45, 7) is 2.35. The molecule has 28 heavy (non-hydrogen) atoms. The van der Waals surface area contributed by atoms with Crippen LogP contribution in [0.25, 0.3) is 11.1 Å². The van der Waals surface area contributed by atoms with Crippen molar-refractivity contribution in [2.45, 2.75) is 19.3 Å². The van der Waals surface area contributed by atoms with Gasteiger partial charge in [-0.15, -0.1) is 0 Å². The molecule has 1 aliphatic heterocycles. The lowest BCUT2D eigenvalue weighted by atomic mass is 9.94. The topological polar surface area (TPSA) is 58.6 Å². The molecule has 1 saturated heterocycles. The minimum absolute atomic E-state index is 0.0771. The monoisotopic (exact) mass is 380 g/mol. The maximum Gasteiger partial charge on any atom is 0.253 e. The molecule has 5 heteroatoms. The van der Waals surface area contributed by atoms with E-state index in [1.54, 1.807) is 20.2 Å². The Bertz CT molecular complexity index is 817. The SMILES string of the molecule is CNC(=O)c1ccccc1-c1ccc(C(=O)N2CCC[C@H](CCOC)C2)cc1. The van der Waals surface area contributed by atoms with E-state index in [0.717, 1.165) is 50.1 Å². The third-order valence-electron chi connectivity index (χ3n) is 5.38. The molecule has 0 radical (unpaired) electrons. The summed E-state index contributed by atoms with van der Waals surface area (Å²) in [6.07, 6.45) is 3.19. The molecule has 3 rings (SSSR count). The van der Waals surface area contributed by atoms with Crippen LogP contribution in [0.4, 0.5) is 0 Å². The predicted octanol–water partition coefficient (Wildman–Crippen LogP) is 3.60. The standard InChI is InChI=1S/C23H28N2O3/c1-24-22(26)21-8-4-3-7-20(21)18-9-11-19(12-10-18)23(27)25-14-5-6-17(16-25)13-15-28-2/h3-4,7-12,17H,5-6,13-16H2,1-2H3,(H,24,26)/t17-/m1/s1. The Kier molecular flexibility index (Phi) is 6.82. The lowest BCUT2D eigenvalue weighted by Crippen LogP contribution is -2.40. The first-order chi connectivity index (χ1) is 13.6. The maximum absolute atomic E-state index is 12.9. The van der Waals surface area contributed by atoms with Crippen molar-refractivity contribution in [3.63, 3.8) is 0 Å². The quantitative estimate of drug-likeness (QED) is 0.833. The minimum Gasteiger partial charge on any atom is -0.385 e. The Morgan fingerprint density at radius 1 is 1.14 bits per heavy atom. The van der Waals surface area contributed by atoms with E-state index in [1.165, 1.54) is 0 Å². The van der Waals surface area contributed by atoms with Crippen molar-refractivity contribution < 1.29 is 14.3 Å². The number of piperidine rings is 1. The van der Waals surface area contributed by atoms with Gasteiger partial charge < -0.3 is 15.0 Å². The molecule has 1 N–H and O–H groups in total. The van der Waals surface area contributed by atoms with Gasteiger partial charge in [0, 0.05) is 45.0 Å². The van der Waals surface area contributed by atoms with Gasteiger partial charge in [-0.3, -0.25) is 9.59 Å². The van der Waals surface area contributed by atoms with Crippen molar-refractivity contribution in [2.75, 3.05) is 33.9 Å². The van der Waals surface area contributed by atoms with Gasteiger partial charge in [0.05, 0.1) is 0 Å². The van der Waals surface area contributed by atoms with Gasteiger partial charge >= 0.3 is 0 Å². The third-order valence-corrected chi connectivity index (χ3v) is 5.38. The first-order valence-corrected chi connectivity index (χ1v) is 9.83. The van der Waals surface area contributed by atoms with Crippen LogP contribution in [0, 0.1) is 5.92 Å². The highest BCUT2D eigenvalue weighted by atomic mass is 16.5. The fraction of sp³-hybridized carbons (Fsp3) is 0.391. The lowest BCUT2D eigenvalue weighted by molar-refractivity contribution is 0.0642. The number of rotatable bonds is 6. The van der Waals surface area contributed by atoms with Crippen LogP contribution in [-0.4, -0.2) is 50.6 Å². The van der Waals surface area contributed by atoms with Crippen LogP contribution in [0.1, 0.15) is 40.0 Å². The highest BCUT2D eigenvalue weighted by Gasteiger charge is 2.24. The fourth-order valence-electron chi connectivity index (χ4n) is 3.81. The highest BCUT2D eigenvalue weighted by molar-refractivity contribution is 6.01. The van der Waals surface area contributed by atoms with Crippen LogP contribution in [0.3, 0.4) is 0 Å². The zero-order valence-corrected chi connectivity index (χ0v) is 16.6. The van der Waals surface area contributed by atoms with Gasteiger partial charge in [0.15, 0.2) is 0 Å². The number of amides is 2. The summed E-state index contributed by atoms with van der Waals surface area (Å²) in [5.41, 5.74) is 3.10. The number of likely N-dealkylation sites (tertiary alicyclic amines) is 1. The number of nitrogens with zero attached hydrogens (tertiary/aromatic N) is 1. The van der Waals surface area contributed by atoms with E-state index in [4.69, 9.17) is 4.74 Å². The van der Waals surface area contributed by atoms with Crippen molar-refractivity contribution in [3.8, 4) is 11.1 Å². The van der Waals surface area contributed by atoms with Crippen molar-refractivity contribution in [1.82, 2.24) is 10.2 Å². The van der Waals surface area contributed by atoms with Gasteiger partial charge in [-0.25, -0.2) is 0 Å². The second-order valence-corrected chi connectivity index (χ2v) is 7.24. The van der Waals surface area contributed by atoms with Crippen molar-refractivity contribution in [1.29, 1.82) is 0 Å². The van der Waals surface area contributed by atoms with Crippen LogP contribution in [0.5, 0.6) is 0 Å². The van der Waals surface area contributed by atoms with E-state index < -0.39 is 0 Å². The van der Waals surface area contributed by atoms with E-state index in [0.29, 0.717) is 17.0 Å². The molecule has 1 aliphatic rings. The average molecular weight is 380 g/mol. The molecule has 2 amide bonds. The molecule has 0 unspecified atom stereocenters. The molecular formula is C23H28N2O3. The van der Waals surface area contributed by atoms with Crippen LogP contribution >= 0.6 is 0 Å². The summed E-state index contributed by atoms with van der Waals surface area (Å²) in [5.74, 6) is 0.468.